The summed E-state index contributed by atoms with van der Waals surface area (Å²) in [5.74, 6) is 1.88. The molecule has 5 nitrogen and oxygen atoms in total. The molecule has 3 aromatic rings. The summed E-state index contributed by atoms with van der Waals surface area (Å²) >= 11 is 1.31. The van der Waals surface area contributed by atoms with Gasteiger partial charge < -0.3 is 9.30 Å². The largest absolute Gasteiger partial charge is 0.462 e. The van der Waals surface area contributed by atoms with E-state index >= 15 is 0 Å². The fraction of sp³-hybridized carbons (Fsp3) is 0.190. The zero-order valence-corrected chi connectivity index (χ0v) is 15.9. The maximum atomic E-state index is 12.6. The number of amides is 1. The SMILES string of the molecule is C#CCn1c(=NC(=O)c2ccccc2C)sc2cc(C(=O)OCC)ccc21. The average molecular weight is 378 g/mol. The van der Waals surface area contributed by atoms with Gasteiger partial charge in [-0.05, 0) is 43.7 Å². The van der Waals surface area contributed by atoms with E-state index in [-0.39, 0.29) is 18.4 Å². The third-order valence-electron chi connectivity index (χ3n) is 4.02. The topological polar surface area (TPSA) is 60.7 Å². The fourth-order valence-corrected chi connectivity index (χ4v) is 3.77. The second-order valence-electron chi connectivity index (χ2n) is 5.81. The first kappa shape index (κ1) is 18.6. The summed E-state index contributed by atoms with van der Waals surface area (Å²) in [5.41, 5.74) is 2.69. The number of aryl methyl sites for hydroxylation is 1. The summed E-state index contributed by atoms with van der Waals surface area (Å²) in [6.07, 6.45) is 5.50. The molecule has 0 fully saturated rings. The predicted octanol–water partition coefficient (Wildman–Crippen LogP) is 3.56. The molecule has 0 aliphatic carbocycles. The molecule has 136 valence electrons. The summed E-state index contributed by atoms with van der Waals surface area (Å²) in [5, 5.41) is 0. The number of terminal acetylenes is 1. The summed E-state index contributed by atoms with van der Waals surface area (Å²) in [6, 6.07) is 12.5. The molecular weight excluding hydrogens is 360 g/mol. The van der Waals surface area contributed by atoms with E-state index in [1.807, 2.05) is 25.1 Å². The number of carbonyl (C=O) groups is 2. The van der Waals surface area contributed by atoms with Gasteiger partial charge in [0.25, 0.3) is 5.91 Å². The van der Waals surface area contributed by atoms with Crippen molar-refractivity contribution in [1.82, 2.24) is 4.57 Å². The molecule has 6 heteroatoms. The van der Waals surface area contributed by atoms with E-state index in [1.54, 1.807) is 35.8 Å². The molecule has 0 spiro atoms. The van der Waals surface area contributed by atoms with Crippen LogP contribution < -0.4 is 4.80 Å². The van der Waals surface area contributed by atoms with Gasteiger partial charge >= 0.3 is 5.97 Å². The van der Waals surface area contributed by atoms with Crippen LogP contribution in [0.25, 0.3) is 10.2 Å². The number of benzene rings is 2. The Morgan fingerprint density at radius 3 is 2.74 bits per heavy atom. The normalized spacial score (nSPS) is 11.4. The molecule has 0 saturated heterocycles. The maximum absolute atomic E-state index is 12.6. The highest BCUT2D eigenvalue weighted by molar-refractivity contribution is 7.16. The van der Waals surface area contributed by atoms with Crippen molar-refractivity contribution < 1.29 is 14.3 Å². The van der Waals surface area contributed by atoms with Crippen LogP contribution in [0.1, 0.15) is 33.2 Å². The molecule has 1 aromatic heterocycles. The van der Waals surface area contributed by atoms with Crippen LogP contribution in [0.3, 0.4) is 0 Å². The molecule has 1 amide bonds. The Bertz CT molecular complexity index is 1130. The van der Waals surface area contributed by atoms with E-state index in [1.165, 1.54) is 11.3 Å². The van der Waals surface area contributed by atoms with Crippen LogP contribution in [0.15, 0.2) is 47.5 Å². The lowest BCUT2D eigenvalue weighted by Crippen LogP contribution is -2.16. The number of esters is 1. The lowest BCUT2D eigenvalue weighted by molar-refractivity contribution is 0.0526. The molecule has 0 unspecified atom stereocenters. The molecule has 27 heavy (non-hydrogen) atoms. The molecule has 1 heterocycles. The third kappa shape index (κ3) is 3.83. The highest BCUT2D eigenvalue weighted by atomic mass is 32.1. The van der Waals surface area contributed by atoms with Gasteiger partial charge in [-0.2, -0.15) is 4.99 Å². The lowest BCUT2D eigenvalue weighted by atomic mass is 10.1. The molecule has 2 aromatic carbocycles. The monoisotopic (exact) mass is 378 g/mol. The standard InChI is InChI=1S/C21H18N2O3S/c1-4-12-23-17-11-10-15(20(25)26-5-2)13-18(17)27-21(23)22-19(24)16-9-7-6-8-14(16)3/h1,6-11,13H,5,12H2,2-3H3. The van der Waals surface area contributed by atoms with Gasteiger partial charge in [0.1, 0.15) is 0 Å². The van der Waals surface area contributed by atoms with Gasteiger partial charge in [0.15, 0.2) is 4.80 Å². The molecule has 0 bridgehead atoms. The van der Waals surface area contributed by atoms with Gasteiger partial charge in [0.2, 0.25) is 0 Å². The van der Waals surface area contributed by atoms with Crippen LogP contribution >= 0.6 is 11.3 Å². The molecule has 3 rings (SSSR count). The van der Waals surface area contributed by atoms with Crippen LogP contribution in [-0.2, 0) is 11.3 Å². The fourth-order valence-electron chi connectivity index (χ4n) is 2.70. The van der Waals surface area contributed by atoms with Crippen molar-refractivity contribution in [1.29, 1.82) is 0 Å². The second kappa shape index (κ2) is 8.02. The van der Waals surface area contributed by atoms with Crippen molar-refractivity contribution in [2.75, 3.05) is 6.61 Å². The van der Waals surface area contributed by atoms with Gasteiger partial charge in [-0.1, -0.05) is 35.5 Å². The van der Waals surface area contributed by atoms with Crippen molar-refractivity contribution in [3.8, 4) is 12.3 Å². The summed E-state index contributed by atoms with van der Waals surface area (Å²) in [4.78, 5) is 29.4. The van der Waals surface area contributed by atoms with E-state index < -0.39 is 0 Å². The predicted molar refractivity (Wildman–Crippen MR) is 106 cm³/mol. The van der Waals surface area contributed by atoms with Crippen LogP contribution in [-0.4, -0.2) is 23.1 Å². The minimum Gasteiger partial charge on any atom is -0.462 e. The zero-order valence-electron chi connectivity index (χ0n) is 15.1. The number of fused-ring (bicyclic) bond motifs is 1. The number of thiazole rings is 1. The second-order valence-corrected chi connectivity index (χ2v) is 6.82. The maximum Gasteiger partial charge on any atom is 0.338 e. The Morgan fingerprint density at radius 1 is 1.26 bits per heavy atom. The van der Waals surface area contributed by atoms with E-state index in [9.17, 15) is 9.59 Å². The number of hydrogen-bond donors (Lipinski definition) is 0. The van der Waals surface area contributed by atoms with Crippen LogP contribution in [0, 0.1) is 19.3 Å². The van der Waals surface area contributed by atoms with Crippen molar-refractivity contribution in [3.05, 3.63) is 64.0 Å². The first-order chi connectivity index (χ1) is 13.0. The van der Waals surface area contributed by atoms with E-state index in [0.29, 0.717) is 22.5 Å². The molecule has 0 aliphatic heterocycles. The quantitative estimate of drug-likeness (QED) is 0.515. The number of rotatable bonds is 4. The Labute approximate surface area is 160 Å². The number of carbonyl (C=O) groups excluding carboxylic acids is 2. The molecule has 0 N–H and O–H groups in total. The van der Waals surface area contributed by atoms with Crippen LogP contribution in [0.4, 0.5) is 0 Å². The van der Waals surface area contributed by atoms with Crippen molar-refractivity contribution in [3.63, 3.8) is 0 Å². The third-order valence-corrected chi connectivity index (χ3v) is 5.06. The summed E-state index contributed by atoms with van der Waals surface area (Å²) in [6.45, 7) is 4.22. The molecule has 0 radical (unpaired) electrons. The van der Waals surface area contributed by atoms with E-state index in [0.717, 1.165) is 15.8 Å². The van der Waals surface area contributed by atoms with Gasteiger partial charge in [0, 0.05) is 5.56 Å². The number of aromatic nitrogens is 1. The van der Waals surface area contributed by atoms with Gasteiger partial charge in [-0.15, -0.1) is 6.42 Å². The number of ether oxygens (including phenoxy) is 1. The minimum atomic E-state index is -0.384. The van der Waals surface area contributed by atoms with Gasteiger partial charge in [0.05, 0.1) is 28.9 Å². The summed E-state index contributed by atoms with van der Waals surface area (Å²) < 4.78 is 7.65. The van der Waals surface area contributed by atoms with E-state index in [2.05, 4.69) is 10.9 Å². The Morgan fingerprint density at radius 2 is 2.04 bits per heavy atom. The Kier molecular flexibility index (Phi) is 5.53. The smallest absolute Gasteiger partial charge is 0.338 e. The van der Waals surface area contributed by atoms with Crippen LogP contribution in [0.5, 0.6) is 0 Å². The Hall–Kier alpha value is -3.17. The van der Waals surface area contributed by atoms with Crippen molar-refractivity contribution in [2.24, 2.45) is 4.99 Å². The van der Waals surface area contributed by atoms with Crippen LogP contribution in [0.2, 0.25) is 0 Å². The number of nitrogens with zero attached hydrogens (tertiary/aromatic N) is 2. The number of hydrogen-bond acceptors (Lipinski definition) is 4. The first-order valence-electron chi connectivity index (χ1n) is 8.43. The molecule has 0 saturated carbocycles. The van der Waals surface area contributed by atoms with Gasteiger partial charge in [-0.25, -0.2) is 4.79 Å². The van der Waals surface area contributed by atoms with Crippen molar-refractivity contribution >= 4 is 33.4 Å². The lowest BCUT2D eigenvalue weighted by Gasteiger charge is -2.03. The average Bonchev–Trinajstić information content (AvgIpc) is 2.99. The highest BCUT2D eigenvalue weighted by Crippen LogP contribution is 2.20. The minimum absolute atomic E-state index is 0.276. The Balaban J connectivity index is 2.13. The van der Waals surface area contributed by atoms with Gasteiger partial charge in [-0.3, -0.25) is 4.79 Å². The molecule has 0 aliphatic rings. The van der Waals surface area contributed by atoms with Crippen molar-refractivity contribution in [2.45, 2.75) is 20.4 Å². The highest BCUT2D eigenvalue weighted by Gasteiger charge is 2.13. The van der Waals surface area contributed by atoms with E-state index in [4.69, 9.17) is 11.2 Å². The first-order valence-corrected chi connectivity index (χ1v) is 9.25. The molecule has 0 atom stereocenters. The summed E-state index contributed by atoms with van der Waals surface area (Å²) in [7, 11) is 0. The zero-order chi connectivity index (χ0) is 19.4. The molecular formula is C21H18N2O3S.